The van der Waals surface area contributed by atoms with Crippen molar-refractivity contribution in [3.05, 3.63) is 70.8 Å². The number of hydrogen-bond acceptors (Lipinski definition) is 2. The number of hydrogen-bond donors (Lipinski definition) is 1. The van der Waals surface area contributed by atoms with Gasteiger partial charge in [0.05, 0.1) is 12.8 Å². The highest BCUT2D eigenvalue weighted by molar-refractivity contribution is 5.79. The van der Waals surface area contributed by atoms with Crippen LogP contribution in [0.25, 0.3) is 0 Å². The third-order valence-corrected chi connectivity index (χ3v) is 4.15. The van der Waals surface area contributed by atoms with Crippen LogP contribution >= 0.6 is 0 Å². The Labute approximate surface area is 151 Å². The van der Waals surface area contributed by atoms with Gasteiger partial charge >= 0.3 is 5.97 Å². The number of benzene rings is 2. The summed E-state index contributed by atoms with van der Waals surface area (Å²) in [6.45, 7) is 2.02. The topological polar surface area (TPSA) is 57.6 Å². The lowest BCUT2D eigenvalue weighted by Gasteiger charge is -2.23. The fourth-order valence-electron chi connectivity index (χ4n) is 2.73. The molecule has 6 heteroatoms. The zero-order valence-corrected chi connectivity index (χ0v) is 14.5. The summed E-state index contributed by atoms with van der Waals surface area (Å²) in [4.78, 5) is 25.0. The van der Waals surface area contributed by atoms with E-state index in [2.05, 4.69) is 0 Å². The zero-order chi connectivity index (χ0) is 19.1. The summed E-state index contributed by atoms with van der Waals surface area (Å²) in [7, 11) is 0. The van der Waals surface area contributed by atoms with Gasteiger partial charge in [0, 0.05) is 13.1 Å². The number of halogens is 2. The summed E-state index contributed by atoms with van der Waals surface area (Å²) < 4.78 is 26.5. The van der Waals surface area contributed by atoms with Crippen molar-refractivity contribution in [3.63, 3.8) is 0 Å². The van der Waals surface area contributed by atoms with Crippen LogP contribution in [0, 0.1) is 11.6 Å². The zero-order valence-electron chi connectivity index (χ0n) is 14.5. The Bertz CT molecular complexity index is 792. The van der Waals surface area contributed by atoms with E-state index >= 15 is 0 Å². The third kappa shape index (κ3) is 5.37. The van der Waals surface area contributed by atoms with Crippen LogP contribution < -0.4 is 0 Å². The monoisotopic (exact) mass is 361 g/mol. The summed E-state index contributed by atoms with van der Waals surface area (Å²) in [5.74, 6) is -3.24. The Kier molecular flexibility index (Phi) is 6.83. The second-order valence-corrected chi connectivity index (χ2v) is 6.01. The first-order valence-corrected chi connectivity index (χ1v) is 8.41. The predicted octanol–water partition coefficient (Wildman–Crippen LogP) is 3.57. The Morgan fingerprint density at radius 3 is 2.35 bits per heavy atom. The molecule has 1 amide bonds. The van der Waals surface area contributed by atoms with Gasteiger partial charge in [-0.25, -0.2) is 8.78 Å². The average molecular weight is 361 g/mol. The molecule has 0 spiro atoms. The smallest absolute Gasteiger partial charge is 0.305 e. The molecule has 2 aromatic rings. The molecule has 0 aliphatic carbocycles. The molecule has 0 saturated carbocycles. The van der Waals surface area contributed by atoms with Crippen molar-refractivity contribution in [1.82, 2.24) is 4.90 Å². The molecule has 2 rings (SSSR count). The van der Waals surface area contributed by atoms with E-state index in [4.69, 9.17) is 5.11 Å². The fourth-order valence-corrected chi connectivity index (χ4v) is 2.73. The van der Waals surface area contributed by atoms with E-state index < -0.39 is 17.6 Å². The number of carbonyl (C=O) groups is 2. The highest BCUT2D eigenvalue weighted by Gasteiger charge is 2.18. The van der Waals surface area contributed by atoms with Gasteiger partial charge in [-0.2, -0.15) is 0 Å². The van der Waals surface area contributed by atoms with E-state index in [1.165, 1.54) is 11.0 Å². The van der Waals surface area contributed by atoms with Crippen molar-refractivity contribution in [3.8, 4) is 0 Å². The maximum Gasteiger partial charge on any atom is 0.305 e. The first kappa shape index (κ1) is 19.6. The summed E-state index contributed by atoms with van der Waals surface area (Å²) in [5, 5.41) is 8.92. The first-order chi connectivity index (χ1) is 12.4. The summed E-state index contributed by atoms with van der Waals surface area (Å²) in [6.07, 6.45) is 0.694. The van der Waals surface area contributed by atoms with Crippen LogP contribution in [0.1, 0.15) is 30.0 Å². The van der Waals surface area contributed by atoms with Crippen LogP contribution in [-0.2, 0) is 29.0 Å². The lowest BCUT2D eigenvalue weighted by Crippen LogP contribution is -2.34. The Balaban J connectivity index is 2.18. The largest absolute Gasteiger partial charge is 0.481 e. The van der Waals surface area contributed by atoms with Gasteiger partial charge in [0.1, 0.15) is 0 Å². The van der Waals surface area contributed by atoms with Gasteiger partial charge in [-0.3, -0.25) is 9.59 Å². The van der Waals surface area contributed by atoms with E-state index in [1.807, 2.05) is 31.2 Å². The van der Waals surface area contributed by atoms with Crippen molar-refractivity contribution in [1.29, 1.82) is 0 Å². The van der Waals surface area contributed by atoms with Crippen molar-refractivity contribution in [2.24, 2.45) is 0 Å². The molecule has 0 bridgehead atoms. The highest BCUT2D eigenvalue weighted by atomic mass is 19.2. The van der Waals surface area contributed by atoms with Gasteiger partial charge in [-0.1, -0.05) is 37.3 Å². The molecule has 0 aliphatic heterocycles. The lowest BCUT2D eigenvalue weighted by atomic mass is 10.0. The third-order valence-electron chi connectivity index (χ3n) is 4.15. The van der Waals surface area contributed by atoms with E-state index in [1.54, 1.807) is 0 Å². The standard InChI is InChI=1S/C20H21F2NO3/c1-2-15-5-3-4-6-16(15)12-19(24)23(10-9-20(25)26)13-14-7-8-17(21)18(22)11-14/h3-8,11H,2,9-10,12-13H2,1H3,(H,25,26). The molecule has 0 heterocycles. The molecule has 26 heavy (non-hydrogen) atoms. The van der Waals surface area contributed by atoms with Crippen LogP contribution in [0.3, 0.4) is 0 Å². The van der Waals surface area contributed by atoms with E-state index in [0.29, 0.717) is 5.56 Å². The summed E-state index contributed by atoms with van der Waals surface area (Å²) in [5.41, 5.74) is 2.34. The summed E-state index contributed by atoms with van der Waals surface area (Å²) in [6, 6.07) is 11.0. The Morgan fingerprint density at radius 2 is 1.73 bits per heavy atom. The van der Waals surface area contributed by atoms with Gasteiger partial charge in [-0.05, 0) is 35.2 Å². The van der Waals surface area contributed by atoms with Gasteiger partial charge < -0.3 is 10.0 Å². The van der Waals surface area contributed by atoms with Crippen LogP contribution in [0.2, 0.25) is 0 Å². The van der Waals surface area contributed by atoms with Crippen LogP contribution in [0.15, 0.2) is 42.5 Å². The van der Waals surface area contributed by atoms with Gasteiger partial charge in [-0.15, -0.1) is 0 Å². The SMILES string of the molecule is CCc1ccccc1CC(=O)N(CCC(=O)O)Cc1ccc(F)c(F)c1. The number of aliphatic carboxylic acids is 1. The number of amides is 1. The Hall–Kier alpha value is -2.76. The molecule has 0 fully saturated rings. The number of rotatable bonds is 8. The summed E-state index contributed by atoms with van der Waals surface area (Å²) >= 11 is 0. The second kappa shape index (κ2) is 9.08. The minimum absolute atomic E-state index is 0.00144. The quantitative estimate of drug-likeness (QED) is 0.782. The number of carbonyl (C=O) groups excluding carboxylic acids is 1. The molecule has 1 N–H and O–H groups in total. The van der Waals surface area contributed by atoms with Crippen LogP contribution in [0.4, 0.5) is 8.78 Å². The minimum atomic E-state index is -1.03. The molecule has 0 atom stereocenters. The second-order valence-electron chi connectivity index (χ2n) is 6.01. The number of aryl methyl sites for hydroxylation is 1. The van der Waals surface area contributed by atoms with Crippen molar-refractivity contribution >= 4 is 11.9 Å². The number of carboxylic acid groups (broad SMARTS) is 1. The maximum absolute atomic E-state index is 13.4. The van der Waals surface area contributed by atoms with Crippen molar-refractivity contribution < 1.29 is 23.5 Å². The van der Waals surface area contributed by atoms with Crippen molar-refractivity contribution in [2.75, 3.05) is 6.54 Å². The van der Waals surface area contributed by atoms with Crippen LogP contribution in [-0.4, -0.2) is 28.4 Å². The highest BCUT2D eigenvalue weighted by Crippen LogP contribution is 2.15. The van der Waals surface area contributed by atoms with E-state index in [9.17, 15) is 18.4 Å². The molecule has 0 unspecified atom stereocenters. The normalized spacial score (nSPS) is 10.6. The maximum atomic E-state index is 13.4. The van der Waals surface area contributed by atoms with Gasteiger partial charge in [0.2, 0.25) is 5.91 Å². The minimum Gasteiger partial charge on any atom is -0.481 e. The molecule has 0 aliphatic rings. The molecule has 0 saturated heterocycles. The predicted molar refractivity (Wildman–Crippen MR) is 93.6 cm³/mol. The molecular weight excluding hydrogens is 340 g/mol. The van der Waals surface area contributed by atoms with Crippen LogP contribution in [0.5, 0.6) is 0 Å². The molecule has 4 nitrogen and oxygen atoms in total. The average Bonchev–Trinajstić information content (AvgIpc) is 2.61. The first-order valence-electron chi connectivity index (χ1n) is 8.41. The number of nitrogens with zero attached hydrogens (tertiary/aromatic N) is 1. The molecular formula is C20H21F2NO3. The molecule has 0 aromatic heterocycles. The Morgan fingerprint density at radius 1 is 1.04 bits per heavy atom. The molecule has 138 valence electrons. The lowest BCUT2D eigenvalue weighted by molar-refractivity contribution is -0.138. The van der Waals surface area contributed by atoms with Gasteiger partial charge in [0.25, 0.3) is 0 Å². The fraction of sp³-hybridized carbons (Fsp3) is 0.300. The van der Waals surface area contributed by atoms with E-state index in [-0.39, 0.29) is 31.8 Å². The molecule has 2 aromatic carbocycles. The van der Waals surface area contributed by atoms with Crippen molar-refractivity contribution in [2.45, 2.75) is 32.7 Å². The van der Waals surface area contributed by atoms with Gasteiger partial charge in [0.15, 0.2) is 11.6 Å². The van der Waals surface area contributed by atoms with E-state index in [0.717, 1.165) is 29.7 Å². The number of carboxylic acids is 1. The molecule has 0 radical (unpaired) electrons.